The maximum Gasteiger partial charge on any atom is 0.0814 e. The van der Waals surface area contributed by atoms with E-state index in [1.54, 1.807) is 0 Å². The van der Waals surface area contributed by atoms with Crippen LogP contribution in [0.5, 0.6) is 0 Å². The molecule has 0 fully saturated rings. The zero-order valence-electron chi connectivity index (χ0n) is 7.96. The van der Waals surface area contributed by atoms with Gasteiger partial charge in [-0.3, -0.25) is 4.98 Å². The molecule has 3 heteroatoms. The lowest BCUT2D eigenvalue weighted by atomic mass is 10.0. The van der Waals surface area contributed by atoms with Crippen molar-refractivity contribution in [3.05, 3.63) is 24.4 Å². The molecule has 0 amide bonds. The molecule has 1 rings (SSSR count). The fourth-order valence-corrected chi connectivity index (χ4v) is 1.91. The van der Waals surface area contributed by atoms with Crippen molar-refractivity contribution in [3.63, 3.8) is 0 Å². The molecule has 1 aromatic heterocycles. The molecule has 1 nitrogen and oxygen atoms in total. The highest BCUT2D eigenvalue weighted by Gasteiger charge is 2.09. The van der Waals surface area contributed by atoms with Crippen molar-refractivity contribution in [2.45, 2.75) is 20.8 Å². The quantitative estimate of drug-likeness (QED) is 0.511. The van der Waals surface area contributed by atoms with E-state index in [0.717, 1.165) is 8.58 Å². The van der Waals surface area contributed by atoms with Crippen molar-refractivity contribution in [3.8, 4) is 0 Å². The fraction of sp³-hybridized carbons (Fsp3) is 0.500. The van der Waals surface area contributed by atoms with Crippen LogP contribution in [0.4, 0.5) is 0 Å². The Morgan fingerprint density at radius 2 is 2.00 bits per heavy atom. The van der Waals surface area contributed by atoms with Crippen LogP contribution in [0.15, 0.2) is 24.4 Å². The van der Waals surface area contributed by atoms with E-state index in [0.29, 0.717) is 5.41 Å². The molecule has 1 heterocycles. The summed E-state index contributed by atoms with van der Waals surface area (Å²) in [5.74, 6) is 0. The van der Waals surface area contributed by atoms with Gasteiger partial charge < -0.3 is 0 Å². The first kappa shape index (κ1) is 12.6. The number of aromatic nitrogens is 1. The SMILES string of the molecule is B.CC(C)(C)CPc1ccccn1. The molecule has 13 heavy (non-hydrogen) atoms. The molecule has 0 spiro atoms. The lowest BCUT2D eigenvalue weighted by Crippen LogP contribution is -2.11. The molecule has 0 saturated carbocycles. The first-order valence-electron chi connectivity index (χ1n) is 4.23. The van der Waals surface area contributed by atoms with Crippen molar-refractivity contribution in [2.24, 2.45) is 5.41 Å². The summed E-state index contributed by atoms with van der Waals surface area (Å²) < 4.78 is 0. The van der Waals surface area contributed by atoms with Crippen LogP contribution in [0.25, 0.3) is 0 Å². The topological polar surface area (TPSA) is 12.9 Å². The summed E-state index contributed by atoms with van der Waals surface area (Å²) in [4.78, 5) is 4.29. The summed E-state index contributed by atoms with van der Waals surface area (Å²) in [6.07, 6.45) is 3.09. The summed E-state index contributed by atoms with van der Waals surface area (Å²) in [6, 6.07) is 6.12. The number of nitrogens with zero attached hydrogens (tertiary/aromatic N) is 1. The van der Waals surface area contributed by atoms with E-state index >= 15 is 0 Å². The first-order valence-corrected chi connectivity index (χ1v) is 5.43. The van der Waals surface area contributed by atoms with E-state index in [1.165, 1.54) is 11.6 Å². The van der Waals surface area contributed by atoms with E-state index < -0.39 is 0 Å². The molecule has 1 unspecified atom stereocenters. The second-order valence-electron chi connectivity index (χ2n) is 4.13. The van der Waals surface area contributed by atoms with Gasteiger partial charge in [0, 0.05) is 6.20 Å². The molecule has 0 aliphatic heterocycles. The third-order valence-corrected chi connectivity index (χ3v) is 3.36. The second-order valence-corrected chi connectivity index (χ2v) is 5.35. The standard InChI is InChI=1S/C10H16NP.BH3/c1-10(2,3)8-12-9-6-4-5-7-11-9;/h4-7,12H,8H2,1-3H3;1H3. The van der Waals surface area contributed by atoms with Gasteiger partial charge in [0.1, 0.15) is 0 Å². The van der Waals surface area contributed by atoms with Crippen LogP contribution in [-0.2, 0) is 0 Å². The zero-order chi connectivity index (χ0) is 9.03. The minimum Gasteiger partial charge on any atom is -0.257 e. The van der Waals surface area contributed by atoms with Gasteiger partial charge >= 0.3 is 0 Å². The molecule has 0 aliphatic carbocycles. The van der Waals surface area contributed by atoms with Crippen molar-refractivity contribution < 1.29 is 0 Å². The van der Waals surface area contributed by atoms with Gasteiger partial charge in [0.25, 0.3) is 0 Å². The Labute approximate surface area is 84.7 Å². The summed E-state index contributed by atoms with van der Waals surface area (Å²) in [5.41, 5.74) is 1.66. The van der Waals surface area contributed by atoms with Crippen LogP contribution in [-0.4, -0.2) is 19.6 Å². The molecular formula is C10H19BNP. The Kier molecular flexibility index (Phi) is 5.24. The van der Waals surface area contributed by atoms with Gasteiger partial charge in [-0.15, -0.1) is 0 Å². The van der Waals surface area contributed by atoms with Crippen LogP contribution in [0.1, 0.15) is 20.8 Å². The maximum absolute atomic E-state index is 4.29. The predicted molar refractivity (Wildman–Crippen MR) is 66.4 cm³/mol. The van der Waals surface area contributed by atoms with Gasteiger partial charge in [0.15, 0.2) is 0 Å². The van der Waals surface area contributed by atoms with Crippen LogP contribution in [0, 0.1) is 5.41 Å². The van der Waals surface area contributed by atoms with Gasteiger partial charge in [-0.05, 0) is 23.7 Å². The molecule has 0 saturated heterocycles. The molecule has 0 bridgehead atoms. The molecular weight excluding hydrogens is 176 g/mol. The largest absolute Gasteiger partial charge is 0.257 e. The predicted octanol–water partition coefficient (Wildman–Crippen LogP) is 1.25. The smallest absolute Gasteiger partial charge is 0.0814 e. The first-order chi connectivity index (χ1) is 5.58. The average molecular weight is 195 g/mol. The van der Waals surface area contributed by atoms with Gasteiger partial charge in [0.2, 0.25) is 0 Å². The maximum atomic E-state index is 4.29. The molecule has 0 N–H and O–H groups in total. The van der Waals surface area contributed by atoms with Crippen LogP contribution >= 0.6 is 8.58 Å². The Morgan fingerprint density at radius 3 is 2.46 bits per heavy atom. The zero-order valence-corrected chi connectivity index (χ0v) is 8.96. The van der Waals surface area contributed by atoms with Crippen molar-refractivity contribution in [1.82, 2.24) is 4.98 Å². The molecule has 1 aromatic rings. The highest BCUT2D eigenvalue weighted by molar-refractivity contribution is 7.46. The van der Waals surface area contributed by atoms with E-state index in [-0.39, 0.29) is 8.41 Å². The molecule has 1 atom stereocenters. The number of rotatable bonds is 2. The van der Waals surface area contributed by atoms with Crippen molar-refractivity contribution in [1.29, 1.82) is 0 Å². The molecule has 0 aliphatic rings. The minimum atomic E-state index is 0. The van der Waals surface area contributed by atoms with E-state index in [4.69, 9.17) is 0 Å². The van der Waals surface area contributed by atoms with Gasteiger partial charge in [0.05, 0.1) is 13.8 Å². The van der Waals surface area contributed by atoms with Gasteiger partial charge in [-0.1, -0.05) is 35.4 Å². The summed E-state index contributed by atoms with van der Waals surface area (Å²) in [6.45, 7) is 6.80. The Bertz CT molecular complexity index is 230. The van der Waals surface area contributed by atoms with Gasteiger partial charge in [-0.2, -0.15) is 0 Å². The van der Waals surface area contributed by atoms with Crippen molar-refractivity contribution in [2.75, 3.05) is 6.16 Å². The number of hydrogen-bond acceptors (Lipinski definition) is 1. The average Bonchev–Trinajstić information content (AvgIpc) is 2.02. The summed E-state index contributed by atoms with van der Waals surface area (Å²) >= 11 is 0. The van der Waals surface area contributed by atoms with Crippen LogP contribution in [0.2, 0.25) is 0 Å². The Morgan fingerprint density at radius 1 is 1.31 bits per heavy atom. The lowest BCUT2D eigenvalue weighted by molar-refractivity contribution is 0.479. The minimum absolute atomic E-state index is 0. The fourth-order valence-electron chi connectivity index (χ4n) is 0.823. The second kappa shape index (κ2) is 5.39. The van der Waals surface area contributed by atoms with Crippen LogP contribution < -0.4 is 5.44 Å². The Hall–Kier alpha value is -0.355. The molecule has 0 radical (unpaired) electrons. The van der Waals surface area contributed by atoms with Crippen LogP contribution in [0.3, 0.4) is 0 Å². The van der Waals surface area contributed by atoms with E-state index in [2.05, 4.69) is 37.9 Å². The number of hydrogen-bond donors (Lipinski definition) is 0. The monoisotopic (exact) mass is 195 g/mol. The third kappa shape index (κ3) is 5.82. The summed E-state index contributed by atoms with van der Waals surface area (Å²) in [7, 11) is 0.845. The molecule has 72 valence electrons. The summed E-state index contributed by atoms with van der Waals surface area (Å²) in [5, 5.41) is 0. The molecule has 0 aromatic carbocycles. The highest BCUT2D eigenvalue weighted by atomic mass is 31.1. The third-order valence-electron chi connectivity index (χ3n) is 1.46. The lowest BCUT2D eigenvalue weighted by Gasteiger charge is -2.16. The highest BCUT2D eigenvalue weighted by Crippen LogP contribution is 2.23. The van der Waals surface area contributed by atoms with Gasteiger partial charge in [-0.25, -0.2) is 0 Å². The normalized spacial score (nSPS) is 11.6. The van der Waals surface area contributed by atoms with E-state index in [1.807, 2.05) is 12.3 Å². The number of pyridine rings is 1. The van der Waals surface area contributed by atoms with Crippen molar-refractivity contribution >= 4 is 22.4 Å². The van der Waals surface area contributed by atoms with E-state index in [9.17, 15) is 0 Å². The Balaban J connectivity index is 0.00000144.